The van der Waals surface area contributed by atoms with Crippen LogP contribution in [0.3, 0.4) is 0 Å². The Balaban J connectivity index is 2.55. The van der Waals surface area contributed by atoms with E-state index in [9.17, 15) is 21.6 Å². The van der Waals surface area contributed by atoms with Crippen LogP contribution in [0.2, 0.25) is 0 Å². The van der Waals surface area contributed by atoms with Crippen LogP contribution < -0.4 is 14.2 Å². The summed E-state index contributed by atoms with van der Waals surface area (Å²) >= 11 is 1.28. The molecule has 0 aliphatic carbocycles. The number of benzene rings is 1. The van der Waals surface area contributed by atoms with Crippen LogP contribution in [0, 0.1) is 6.92 Å². The zero-order chi connectivity index (χ0) is 21.8. The van der Waals surface area contributed by atoms with Gasteiger partial charge in [0.25, 0.3) is 0 Å². The largest absolute Gasteiger partial charge is 0.481 e. The number of nitrogens with one attached hydrogen (secondary N) is 1. The van der Waals surface area contributed by atoms with Gasteiger partial charge in [0.15, 0.2) is 11.6 Å². The fraction of sp³-hybridized carbons (Fsp3) is 0.412. The van der Waals surface area contributed by atoms with E-state index in [0.717, 1.165) is 0 Å². The van der Waals surface area contributed by atoms with Crippen molar-refractivity contribution in [1.29, 1.82) is 0 Å². The molecule has 0 saturated heterocycles. The number of halogens is 3. The van der Waals surface area contributed by atoms with E-state index in [1.807, 2.05) is 0 Å². The van der Waals surface area contributed by atoms with Gasteiger partial charge in [-0.15, -0.1) is 11.8 Å². The molecular weight excluding hydrogens is 431 g/mol. The number of rotatable bonds is 8. The fourth-order valence-electron chi connectivity index (χ4n) is 2.57. The highest BCUT2D eigenvalue weighted by Gasteiger charge is 2.36. The van der Waals surface area contributed by atoms with Crippen molar-refractivity contribution in [3.05, 3.63) is 41.2 Å². The first-order valence-corrected chi connectivity index (χ1v) is 11.1. The molecule has 0 bridgehead atoms. The second kappa shape index (κ2) is 9.08. The second-order valence-electron chi connectivity index (χ2n) is 5.94. The molecule has 1 unspecified atom stereocenters. The van der Waals surface area contributed by atoms with Crippen LogP contribution >= 0.6 is 11.8 Å². The average molecular weight is 451 g/mol. The molecule has 0 radical (unpaired) electrons. The van der Waals surface area contributed by atoms with Crippen LogP contribution in [0.25, 0.3) is 0 Å². The molecule has 0 fully saturated rings. The predicted octanol–water partition coefficient (Wildman–Crippen LogP) is 3.56. The van der Waals surface area contributed by atoms with Crippen molar-refractivity contribution in [3.63, 3.8) is 0 Å². The van der Waals surface area contributed by atoms with Gasteiger partial charge in [0.05, 0.1) is 31.2 Å². The number of methoxy groups -OCH3 is 2. The molecule has 0 saturated carbocycles. The minimum atomic E-state index is -4.86. The smallest absolute Gasteiger partial charge is 0.404 e. The van der Waals surface area contributed by atoms with Crippen molar-refractivity contribution in [3.8, 4) is 11.8 Å². The van der Waals surface area contributed by atoms with Crippen LogP contribution in [0.1, 0.15) is 22.2 Å². The molecule has 0 aliphatic heterocycles. The zero-order valence-corrected chi connectivity index (χ0v) is 17.7. The van der Waals surface area contributed by atoms with Crippen LogP contribution in [0.5, 0.6) is 11.8 Å². The summed E-state index contributed by atoms with van der Waals surface area (Å²) in [6.07, 6.45) is -3.12. The number of anilines is 1. The van der Waals surface area contributed by atoms with E-state index in [0.29, 0.717) is 11.1 Å². The van der Waals surface area contributed by atoms with Gasteiger partial charge in [0.1, 0.15) is 0 Å². The van der Waals surface area contributed by atoms with Gasteiger partial charge in [-0.05, 0) is 24.3 Å². The van der Waals surface area contributed by atoms with Crippen LogP contribution in [-0.4, -0.2) is 50.8 Å². The molecule has 1 N–H and O–H groups in total. The van der Waals surface area contributed by atoms with E-state index in [1.165, 1.54) is 32.0 Å². The lowest BCUT2D eigenvalue weighted by Crippen LogP contribution is -2.28. The van der Waals surface area contributed by atoms with Gasteiger partial charge in [-0.2, -0.15) is 23.1 Å². The predicted molar refractivity (Wildman–Crippen MR) is 105 cm³/mol. The van der Waals surface area contributed by atoms with Gasteiger partial charge >= 0.3 is 6.18 Å². The Hall–Kier alpha value is -2.21. The molecule has 1 aromatic heterocycles. The van der Waals surface area contributed by atoms with E-state index < -0.39 is 27.2 Å². The summed E-state index contributed by atoms with van der Waals surface area (Å²) in [7, 11) is -1.82. The quantitative estimate of drug-likeness (QED) is 0.656. The first-order chi connectivity index (χ1) is 13.5. The molecule has 7 nitrogen and oxygen atoms in total. The van der Waals surface area contributed by atoms with Crippen LogP contribution in [0.4, 0.5) is 18.9 Å². The van der Waals surface area contributed by atoms with Crippen molar-refractivity contribution in [1.82, 2.24) is 9.97 Å². The van der Waals surface area contributed by atoms with E-state index in [-0.39, 0.29) is 23.3 Å². The third-order valence-electron chi connectivity index (χ3n) is 3.78. The topological polar surface area (TPSA) is 90.4 Å². The number of thioether (sulfide) groups is 1. The van der Waals surface area contributed by atoms with Crippen molar-refractivity contribution in [2.45, 2.75) is 18.3 Å². The molecule has 2 rings (SSSR count). The van der Waals surface area contributed by atoms with E-state index >= 15 is 0 Å². The Morgan fingerprint density at radius 1 is 1.17 bits per heavy atom. The SMILES string of the molecule is COc1cc(OC)nc(C(SC)c2cccc(C)c2NS(=O)(=O)CC(F)(F)F)n1. The summed E-state index contributed by atoms with van der Waals surface area (Å²) in [5.74, 6) is -1.26. The third-order valence-corrected chi connectivity index (χ3v) is 5.94. The first kappa shape index (κ1) is 23.1. The summed E-state index contributed by atoms with van der Waals surface area (Å²) in [5, 5.41) is -0.595. The maximum Gasteiger partial charge on any atom is 0.404 e. The van der Waals surface area contributed by atoms with Crippen molar-refractivity contribution >= 4 is 27.5 Å². The molecule has 0 amide bonds. The molecule has 29 heavy (non-hydrogen) atoms. The fourth-order valence-corrected chi connectivity index (χ4v) is 4.43. The highest BCUT2D eigenvalue weighted by Crippen LogP contribution is 2.39. The Labute approximate surface area is 171 Å². The van der Waals surface area contributed by atoms with Crippen molar-refractivity contribution in [2.75, 3.05) is 31.0 Å². The number of para-hydroxylation sites is 1. The first-order valence-electron chi connectivity index (χ1n) is 8.16. The summed E-state index contributed by atoms with van der Waals surface area (Å²) in [6.45, 7) is 1.60. The summed E-state index contributed by atoms with van der Waals surface area (Å²) in [5.41, 5.74) is 0.933. The highest BCUT2D eigenvalue weighted by molar-refractivity contribution is 7.99. The zero-order valence-electron chi connectivity index (χ0n) is 16.1. The number of sulfonamides is 1. The minimum absolute atomic E-state index is 0.0569. The van der Waals surface area contributed by atoms with Gasteiger partial charge in [-0.25, -0.2) is 8.42 Å². The summed E-state index contributed by atoms with van der Waals surface area (Å²) < 4.78 is 74.4. The summed E-state index contributed by atoms with van der Waals surface area (Å²) in [4.78, 5) is 8.57. The Morgan fingerprint density at radius 3 is 2.24 bits per heavy atom. The number of hydrogen-bond acceptors (Lipinski definition) is 7. The van der Waals surface area contributed by atoms with Gasteiger partial charge < -0.3 is 9.47 Å². The molecule has 0 spiro atoms. The Bertz CT molecular complexity index is 947. The number of hydrogen-bond donors (Lipinski definition) is 1. The number of aromatic nitrogens is 2. The molecule has 2 aromatic rings. The molecule has 12 heteroatoms. The molecule has 0 aliphatic rings. The second-order valence-corrected chi connectivity index (χ2v) is 8.61. The maximum atomic E-state index is 12.6. The standard InChI is InChI=1S/C17H20F3N3O4S2/c1-10-6-5-7-11(14(10)23-29(24,25)9-17(18,19)20)15(28-4)16-21-12(26-2)8-13(22-16)27-3/h5-8,15,23H,9H2,1-4H3. The molecular formula is C17H20F3N3O4S2. The minimum Gasteiger partial charge on any atom is -0.481 e. The number of alkyl halides is 3. The van der Waals surface area contributed by atoms with E-state index in [2.05, 4.69) is 14.7 Å². The summed E-state index contributed by atoms with van der Waals surface area (Å²) in [6, 6.07) is 6.35. The number of aryl methyl sites for hydroxylation is 1. The Morgan fingerprint density at radius 2 is 1.76 bits per heavy atom. The Kier molecular flexibility index (Phi) is 7.22. The monoisotopic (exact) mass is 451 g/mol. The normalized spacial score (nSPS) is 13.1. The highest BCUT2D eigenvalue weighted by atomic mass is 32.2. The van der Waals surface area contributed by atoms with Crippen molar-refractivity contribution < 1.29 is 31.1 Å². The van der Waals surface area contributed by atoms with Crippen molar-refractivity contribution in [2.24, 2.45) is 0 Å². The molecule has 1 atom stereocenters. The van der Waals surface area contributed by atoms with E-state index in [4.69, 9.17) is 9.47 Å². The molecule has 160 valence electrons. The third kappa shape index (κ3) is 6.13. The van der Waals surface area contributed by atoms with Gasteiger partial charge in [-0.3, -0.25) is 4.72 Å². The van der Waals surface area contributed by atoms with Crippen LogP contribution in [0.15, 0.2) is 24.3 Å². The maximum absolute atomic E-state index is 12.6. The number of ether oxygens (including phenoxy) is 2. The average Bonchev–Trinajstić information content (AvgIpc) is 2.62. The lowest BCUT2D eigenvalue weighted by molar-refractivity contribution is -0.106. The van der Waals surface area contributed by atoms with Crippen LogP contribution in [-0.2, 0) is 10.0 Å². The lowest BCUT2D eigenvalue weighted by atomic mass is 10.0. The van der Waals surface area contributed by atoms with Gasteiger partial charge in [-0.1, -0.05) is 18.2 Å². The molecule has 1 aromatic carbocycles. The lowest BCUT2D eigenvalue weighted by Gasteiger charge is -2.21. The van der Waals surface area contributed by atoms with Gasteiger partial charge in [0, 0.05) is 0 Å². The molecule has 1 heterocycles. The van der Waals surface area contributed by atoms with E-state index in [1.54, 1.807) is 31.4 Å². The number of nitrogens with zero attached hydrogens (tertiary/aromatic N) is 2. The van der Waals surface area contributed by atoms with Gasteiger partial charge in [0.2, 0.25) is 21.8 Å².